The molecule has 0 saturated carbocycles. The third kappa shape index (κ3) is 4.34. The van der Waals surface area contributed by atoms with Gasteiger partial charge in [0.25, 0.3) is 0 Å². The van der Waals surface area contributed by atoms with Gasteiger partial charge >= 0.3 is 10.1 Å². The molecule has 9 heteroatoms. The Kier molecular flexibility index (Phi) is 5.35. The van der Waals surface area contributed by atoms with Crippen LogP contribution in [-0.2, 0) is 14.9 Å². The zero-order valence-electron chi connectivity index (χ0n) is 13.5. The Morgan fingerprint density at radius 2 is 1.72 bits per heavy atom. The molecule has 1 amide bonds. The van der Waals surface area contributed by atoms with Crippen molar-refractivity contribution in [2.24, 2.45) is 0 Å². The highest BCUT2D eigenvalue weighted by molar-refractivity contribution is 9.11. The molecule has 1 aliphatic heterocycles. The van der Waals surface area contributed by atoms with Crippen LogP contribution >= 0.6 is 27.3 Å². The van der Waals surface area contributed by atoms with Gasteiger partial charge in [0.1, 0.15) is 5.75 Å². The maximum absolute atomic E-state index is 12.2. The van der Waals surface area contributed by atoms with Crippen LogP contribution in [0.3, 0.4) is 0 Å². The summed E-state index contributed by atoms with van der Waals surface area (Å²) in [5.74, 6) is 0.365. The number of benzene rings is 1. The van der Waals surface area contributed by atoms with Gasteiger partial charge in [-0.3, -0.25) is 4.79 Å². The zero-order chi connectivity index (χ0) is 18.0. The minimum atomic E-state index is -3.82. The summed E-state index contributed by atoms with van der Waals surface area (Å²) in [7, 11) is -3.82. The van der Waals surface area contributed by atoms with Gasteiger partial charge in [-0.2, -0.15) is 8.42 Å². The molecule has 2 aromatic rings. The van der Waals surface area contributed by atoms with Crippen molar-refractivity contribution in [3.8, 4) is 5.75 Å². The molecule has 134 valence electrons. The van der Waals surface area contributed by atoms with Gasteiger partial charge in [-0.15, -0.1) is 11.3 Å². The van der Waals surface area contributed by atoms with Crippen LogP contribution in [0, 0.1) is 0 Å². The average Bonchev–Trinajstić information content (AvgIpc) is 3.03. The normalized spacial score (nSPS) is 15.3. The summed E-state index contributed by atoms with van der Waals surface area (Å²) < 4.78 is 30.5. The number of thiophene rings is 1. The number of halogens is 1. The zero-order valence-corrected chi connectivity index (χ0v) is 16.7. The second-order valence-corrected chi connectivity index (χ2v) is 9.82. The van der Waals surface area contributed by atoms with Crippen LogP contribution in [0.1, 0.15) is 6.92 Å². The first-order chi connectivity index (χ1) is 11.8. The summed E-state index contributed by atoms with van der Waals surface area (Å²) in [6, 6.07) is 10.1. The molecular weight excluding hydrogens is 428 g/mol. The lowest BCUT2D eigenvalue weighted by Gasteiger charge is -2.35. The molecule has 1 fully saturated rings. The van der Waals surface area contributed by atoms with Gasteiger partial charge < -0.3 is 14.0 Å². The highest BCUT2D eigenvalue weighted by Crippen LogP contribution is 2.29. The van der Waals surface area contributed by atoms with E-state index in [2.05, 4.69) is 20.8 Å². The van der Waals surface area contributed by atoms with Crippen LogP contribution in [-0.4, -0.2) is 45.4 Å². The summed E-state index contributed by atoms with van der Waals surface area (Å²) in [5, 5.41) is 0. The van der Waals surface area contributed by atoms with Gasteiger partial charge in [0.2, 0.25) is 5.91 Å². The van der Waals surface area contributed by atoms with Gasteiger partial charge in [-0.1, -0.05) is 0 Å². The lowest BCUT2D eigenvalue weighted by atomic mass is 10.2. The minimum absolute atomic E-state index is 0.0915. The van der Waals surface area contributed by atoms with E-state index in [1.54, 1.807) is 25.1 Å². The molecule has 0 N–H and O–H groups in total. The summed E-state index contributed by atoms with van der Waals surface area (Å²) in [6.07, 6.45) is 0. The first kappa shape index (κ1) is 18.2. The highest BCUT2D eigenvalue weighted by Gasteiger charge is 2.21. The number of hydrogen-bond donors (Lipinski definition) is 0. The maximum atomic E-state index is 12.2. The molecule has 3 rings (SSSR count). The monoisotopic (exact) mass is 444 g/mol. The molecule has 1 aromatic heterocycles. The van der Waals surface area contributed by atoms with Crippen molar-refractivity contribution in [3.05, 3.63) is 40.2 Å². The van der Waals surface area contributed by atoms with Gasteiger partial charge in [0.15, 0.2) is 4.21 Å². The Hall–Kier alpha value is -1.58. The molecule has 1 saturated heterocycles. The van der Waals surface area contributed by atoms with Crippen molar-refractivity contribution in [3.63, 3.8) is 0 Å². The van der Waals surface area contributed by atoms with Crippen LogP contribution in [0.4, 0.5) is 5.69 Å². The van der Waals surface area contributed by atoms with Crippen LogP contribution in [0.15, 0.2) is 44.4 Å². The quantitative estimate of drug-likeness (QED) is 0.678. The van der Waals surface area contributed by atoms with Crippen LogP contribution < -0.4 is 9.08 Å². The van der Waals surface area contributed by atoms with E-state index < -0.39 is 10.1 Å². The topological polar surface area (TPSA) is 66.9 Å². The number of hydrogen-bond acceptors (Lipinski definition) is 6. The molecule has 0 spiro atoms. The Bertz CT molecular complexity index is 857. The SMILES string of the molecule is CC(=O)N1CCN(c2ccc(OS(=O)(=O)c3ccc(Br)s3)cc2)CC1. The molecule has 1 aliphatic rings. The van der Waals surface area contributed by atoms with Gasteiger partial charge in [-0.05, 0) is 52.3 Å². The number of anilines is 1. The fourth-order valence-corrected chi connectivity index (χ4v) is 5.49. The number of rotatable bonds is 4. The predicted octanol–water partition coefficient (Wildman–Crippen LogP) is 2.95. The summed E-state index contributed by atoms with van der Waals surface area (Å²) >= 11 is 4.35. The molecule has 0 unspecified atom stereocenters. The minimum Gasteiger partial charge on any atom is -0.378 e. The number of nitrogens with zero attached hydrogens (tertiary/aromatic N) is 2. The van der Waals surface area contributed by atoms with Gasteiger partial charge in [-0.25, -0.2) is 0 Å². The van der Waals surface area contributed by atoms with Crippen molar-refractivity contribution in [2.45, 2.75) is 11.1 Å². The summed E-state index contributed by atoms with van der Waals surface area (Å²) in [5.41, 5.74) is 0.979. The Morgan fingerprint density at radius 3 is 2.24 bits per heavy atom. The van der Waals surface area contributed by atoms with Crippen molar-refractivity contribution in [1.29, 1.82) is 0 Å². The van der Waals surface area contributed by atoms with E-state index >= 15 is 0 Å². The second-order valence-electron chi connectivity index (χ2n) is 5.58. The average molecular weight is 445 g/mol. The number of amides is 1. The third-order valence-electron chi connectivity index (χ3n) is 3.93. The second kappa shape index (κ2) is 7.35. The van der Waals surface area contributed by atoms with Crippen molar-refractivity contribution < 1.29 is 17.4 Å². The molecule has 25 heavy (non-hydrogen) atoms. The predicted molar refractivity (Wildman–Crippen MR) is 101 cm³/mol. The van der Waals surface area contributed by atoms with Crippen LogP contribution in [0.5, 0.6) is 5.75 Å². The highest BCUT2D eigenvalue weighted by atomic mass is 79.9. The Balaban J connectivity index is 1.66. The lowest BCUT2D eigenvalue weighted by Crippen LogP contribution is -2.48. The third-order valence-corrected chi connectivity index (χ3v) is 7.25. The van der Waals surface area contributed by atoms with Gasteiger partial charge in [0.05, 0.1) is 3.79 Å². The van der Waals surface area contributed by atoms with E-state index in [-0.39, 0.29) is 15.9 Å². The molecule has 0 bridgehead atoms. The fraction of sp³-hybridized carbons (Fsp3) is 0.312. The number of piperazine rings is 1. The first-order valence-electron chi connectivity index (χ1n) is 7.65. The smallest absolute Gasteiger partial charge is 0.348 e. The fourth-order valence-electron chi connectivity index (χ4n) is 2.59. The Labute approximate surface area is 159 Å². The van der Waals surface area contributed by atoms with Crippen molar-refractivity contribution in [1.82, 2.24) is 4.90 Å². The molecule has 0 atom stereocenters. The maximum Gasteiger partial charge on any atom is 0.348 e. The van der Waals surface area contributed by atoms with Crippen LogP contribution in [0.25, 0.3) is 0 Å². The molecule has 2 heterocycles. The first-order valence-corrected chi connectivity index (χ1v) is 10.7. The lowest BCUT2D eigenvalue weighted by molar-refractivity contribution is -0.129. The van der Waals surface area contributed by atoms with E-state index in [9.17, 15) is 13.2 Å². The Morgan fingerprint density at radius 1 is 1.08 bits per heavy atom. The van der Waals surface area contributed by atoms with Crippen LogP contribution in [0.2, 0.25) is 0 Å². The molecule has 6 nitrogen and oxygen atoms in total. The molecular formula is C16H17BrN2O4S2. The van der Waals surface area contributed by atoms with E-state index in [4.69, 9.17) is 4.18 Å². The molecule has 0 aliphatic carbocycles. The number of carbonyl (C=O) groups is 1. The van der Waals surface area contributed by atoms with Crippen molar-refractivity contribution >= 4 is 49.0 Å². The summed E-state index contributed by atoms with van der Waals surface area (Å²) in [6.45, 7) is 4.46. The van der Waals surface area contributed by atoms with E-state index in [1.165, 1.54) is 6.07 Å². The van der Waals surface area contributed by atoms with Crippen molar-refractivity contribution in [2.75, 3.05) is 31.1 Å². The largest absolute Gasteiger partial charge is 0.378 e. The van der Waals surface area contributed by atoms with E-state index in [0.717, 1.165) is 33.9 Å². The summed E-state index contributed by atoms with van der Waals surface area (Å²) in [4.78, 5) is 15.3. The molecule has 1 aromatic carbocycles. The van der Waals surface area contributed by atoms with E-state index in [1.807, 2.05) is 17.0 Å². The number of carbonyl (C=O) groups excluding carboxylic acids is 1. The van der Waals surface area contributed by atoms with E-state index in [0.29, 0.717) is 13.1 Å². The van der Waals surface area contributed by atoms with Gasteiger partial charge in [0, 0.05) is 38.8 Å². The molecule has 0 radical (unpaired) electrons. The standard InChI is InChI=1S/C16H17BrN2O4S2/c1-12(20)18-8-10-19(11-9-18)13-2-4-14(5-3-13)23-25(21,22)16-7-6-15(17)24-16/h2-7H,8-11H2,1H3.